The molecule has 2 atom stereocenters. The maximum Gasteiger partial charge on any atom is 0.472 e. The van der Waals surface area contributed by atoms with Crippen molar-refractivity contribution in [1.82, 2.24) is 0 Å². The van der Waals surface area contributed by atoms with Crippen LogP contribution in [-0.2, 0) is 32.7 Å². The minimum atomic E-state index is -4.38. The number of esters is 2. The van der Waals surface area contributed by atoms with E-state index in [1.54, 1.807) is 0 Å². The number of rotatable bonds is 39. The van der Waals surface area contributed by atoms with Crippen molar-refractivity contribution in [2.45, 2.75) is 180 Å². The number of phosphoric acid groups is 1. The summed E-state index contributed by atoms with van der Waals surface area (Å²) in [4.78, 5) is 35.3. The van der Waals surface area contributed by atoms with Gasteiger partial charge in [-0.1, -0.05) is 152 Å². The maximum absolute atomic E-state index is 12.7. The van der Waals surface area contributed by atoms with E-state index in [4.69, 9.17) is 18.5 Å². The molecular weight excluding hydrogens is 713 g/mol. The van der Waals surface area contributed by atoms with Gasteiger partial charge in [-0.25, -0.2) is 4.57 Å². The molecule has 10 heteroatoms. The van der Waals surface area contributed by atoms with Crippen LogP contribution >= 0.6 is 7.82 Å². The summed E-state index contributed by atoms with van der Waals surface area (Å²) in [6.07, 6.45) is 43.0. The first-order valence-electron chi connectivity index (χ1n) is 21.9. The molecule has 0 spiro atoms. The lowest BCUT2D eigenvalue weighted by Crippen LogP contribution is -2.37. The molecule has 0 radical (unpaired) electrons. The molecule has 0 heterocycles. The zero-order valence-corrected chi connectivity index (χ0v) is 36.8. The Kier molecular flexibility index (Phi) is 36.2. The summed E-state index contributed by atoms with van der Waals surface area (Å²) in [7, 11) is 1.45. The average Bonchev–Trinajstić information content (AvgIpc) is 3.13. The van der Waals surface area contributed by atoms with Gasteiger partial charge in [0.15, 0.2) is 6.10 Å². The van der Waals surface area contributed by atoms with Crippen molar-refractivity contribution >= 4 is 19.8 Å². The van der Waals surface area contributed by atoms with Crippen molar-refractivity contribution in [3.8, 4) is 0 Å². The lowest BCUT2D eigenvalue weighted by atomic mass is 10.0. The molecule has 1 unspecified atom stereocenters. The normalized spacial score (nSPS) is 14.1. The predicted octanol–water partition coefficient (Wildman–Crippen LogP) is 12.3. The van der Waals surface area contributed by atoms with Crippen LogP contribution in [0.1, 0.15) is 174 Å². The van der Waals surface area contributed by atoms with Gasteiger partial charge in [0.05, 0.1) is 27.7 Å². The summed E-state index contributed by atoms with van der Waals surface area (Å²) in [5, 5.41) is 0. The van der Waals surface area contributed by atoms with Gasteiger partial charge in [0, 0.05) is 12.8 Å². The number of carbonyl (C=O) groups excluding carboxylic acids is 2. The number of ether oxygens (including phenoxy) is 2. The van der Waals surface area contributed by atoms with E-state index in [1.165, 1.54) is 83.5 Å². The van der Waals surface area contributed by atoms with Crippen LogP contribution in [0.5, 0.6) is 0 Å². The first-order chi connectivity index (χ1) is 26.5. The van der Waals surface area contributed by atoms with Crippen LogP contribution in [0, 0.1) is 0 Å². The number of allylic oxidation sites excluding steroid dienone is 8. The molecule has 320 valence electrons. The maximum atomic E-state index is 12.7. The number of likely N-dealkylation sites (N-methyl/N-ethyl adjacent to an activating group) is 1. The number of carbonyl (C=O) groups is 2. The fourth-order valence-corrected chi connectivity index (χ4v) is 6.38. The number of phosphoric ester groups is 1. The van der Waals surface area contributed by atoms with Crippen molar-refractivity contribution in [3.63, 3.8) is 0 Å². The Hall–Kier alpha value is -2.03. The Morgan fingerprint density at radius 2 is 0.982 bits per heavy atom. The second kappa shape index (κ2) is 37.5. The molecule has 1 N–H and O–H groups in total. The Morgan fingerprint density at radius 3 is 1.49 bits per heavy atom. The number of unbranched alkanes of at least 4 members (excludes halogenated alkanes) is 17. The topological polar surface area (TPSA) is 108 Å². The molecule has 0 saturated heterocycles. The minimum absolute atomic E-state index is 0.0246. The Morgan fingerprint density at radius 1 is 0.564 bits per heavy atom. The van der Waals surface area contributed by atoms with Gasteiger partial charge in [0.2, 0.25) is 0 Å². The third-order valence-corrected chi connectivity index (χ3v) is 10.1. The lowest BCUT2D eigenvalue weighted by molar-refractivity contribution is -0.870. The smallest absolute Gasteiger partial charge is 0.462 e. The number of hydrogen-bond acceptors (Lipinski definition) is 7. The fourth-order valence-electron chi connectivity index (χ4n) is 5.64. The van der Waals surface area contributed by atoms with Crippen molar-refractivity contribution < 1.29 is 42.1 Å². The Balaban J connectivity index is 4.43. The minimum Gasteiger partial charge on any atom is -0.462 e. The highest BCUT2D eigenvalue weighted by atomic mass is 31.2. The number of hydrogen-bond donors (Lipinski definition) is 1. The summed E-state index contributed by atoms with van der Waals surface area (Å²) in [6.45, 7) is 4.35. The van der Waals surface area contributed by atoms with Gasteiger partial charge in [-0.2, -0.15) is 0 Å². The average molecular weight is 797 g/mol. The zero-order valence-electron chi connectivity index (χ0n) is 35.9. The summed E-state index contributed by atoms with van der Waals surface area (Å²) < 4.78 is 34.2. The summed E-state index contributed by atoms with van der Waals surface area (Å²) in [5.41, 5.74) is 0. The second-order valence-electron chi connectivity index (χ2n) is 15.7. The van der Waals surface area contributed by atoms with E-state index in [0.717, 1.165) is 57.8 Å². The molecule has 0 rings (SSSR count). The summed E-state index contributed by atoms with van der Waals surface area (Å²) in [6, 6.07) is 0. The molecule has 0 fully saturated rings. The van der Waals surface area contributed by atoms with E-state index in [1.807, 2.05) is 21.1 Å². The molecule has 9 nitrogen and oxygen atoms in total. The van der Waals surface area contributed by atoms with E-state index < -0.39 is 26.5 Å². The van der Waals surface area contributed by atoms with Gasteiger partial charge in [-0.05, 0) is 57.8 Å². The van der Waals surface area contributed by atoms with Crippen molar-refractivity contribution in [3.05, 3.63) is 48.6 Å². The van der Waals surface area contributed by atoms with E-state index in [2.05, 4.69) is 62.5 Å². The molecular formula is C45H83NO8P+. The Bertz CT molecular complexity index is 1080. The van der Waals surface area contributed by atoms with Crippen molar-refractivity contribution in [2.24, 2.45) is 0 Å². The Labute approximate surface area is 337 Å². The van der Waals surface area contributed by atoms with Gasteiger partial charge in [-0.3, -0.25) is 18.6 Å². The molecule has 0 aliphatic heterocycles. The van der Waals surface area contributed by atoms with Gasteiger partial charge in [0.25, 0.3) is 0 Å². The predicted molar refractivity (Wildman–Crippen MR) is 229 cm³/mol. The molecule has 0 aliphatic carbocycles. The number of nitrogens with zero attached hydrogens (tertiary/aromatic N) is 1. The summed E-state index contributed by atoms with van der Waals surface area (Å²) >= 11 is 0. The van der Waals surface area contributed by atoms with Crippen LogP contribution in [0.15, 0.2) is 48.6 Å². The molecule has 0 aromatic carbocycles. The molecule has 0 aromatic rings. The SMILES string of the molecule is CCCCC/C=C\C/C=C\C/C=C\C/C=C\CCCCCC(=O)O[C@H](COC(=O)CCCCCCCCCCCCCC)COP(=O)(O)OCC[N+](C)(C)C. The molecule has 0 aliphatic rings. The van der Waals surface area contributed by atoms with Crippen molar-refractivity contribution in [2.75, 3.05) is 47.5 Å². The van der Waals surface area contributed by atoms with E-state index >= 15 is 0 Å². The largest absolute Gasteiger partial charge is 0.472 e. The fraction of sp³-hybridized carbons (Fsp3) is 0.778. The third-order valence-electron chi connectivity index (χ3n) is 9.11. The number of quaternary nitrogens is 1. The first kappa shape index (κ1) is 53.0. The van der Waals surface area contributed by atoms with E-state index in [-0.39, 0.29) is 32.0 Å². The standard InChI is InChI=1S/C45H82NO8P/c1-6-8-10-12-14-16-18-20-21-22-23-24-25-26-28-30-32-34-36-38-45(48)54-43(42-53-55(49,50)52-40-39-46(3,4)5)41-51-44(47)37-35-33-31-29-27-19-17-15-13-11-9-7-2/h14,16,20-21,23-24,26,28,43H,6-13,15,17-19,22,25,27,29-42H2,1-5H3/p+1/b16-14-,21-20-,24-23-,28-26-/t43-/m1/s1. The van der Waals surface area contributed by atoms with Gasteiger partial charge >= 0.3 is 19.8 Å². The molecule has 55 heavy (non-hydrogen) atoms. The third kappa shape index (κ3) is 41.4. The van der Waals surface area contributed by atoms with Gasteiger partial charge in [0.1, 0.15) is 19.8 Å². The summed E-state index contributed by atoms with van der Waals surface area (Å²) in [5.74, 6) is -0.835. The van der Waals surface area contributed by atoms with Gasteiger partial charge < -0.3 is 18.9 Å². The first-order valence-corrected chi connectivity index (χ1v) is 23.4. The van der Waals surface area contributed by atoms with Crippen LogP contribution in [0.25, 0.3) is 0 Å². The second-order valence-corrected chi connectivity index (χ2v) is 17.2. The van der Waals surface area contributed by atoms with Crippen LogP contribution in [0.3, 0.4) is 0 Å². The lowest BCUT2D eigenvalue weighted by Gasteiger charge is -2.24. The molecule has 0 amide bonds. The highest BCUT2D eigenvalue weighted by Gasteiger charge is 2.27. The molecule has 0 aromatic heterocycles. The van der Waals surface area contributed by atoms with Gasteiger partial charge in [-0.15, -0.1) is 0 Å². The quantitative estimate of drug-likeness (QED) is 0.0215. The zero-order chi connectivity index (χ0) is 40.7. The van der Waals surface area contributed by atoms with Crippen LogP contribution in [0.4, 0.5) is 0 Å². The van der Waals surface area contributed by atoms with Crippen LogP contribution in [0.2, 0.25) is 0 Å². The molecule has 0 bridgehead atoms. The molecule has 0 saturated carbocycles. The highest BCUT2D eigenvalue weighted by Crippen LogP contribution is 2.43. The highest BCUT2D eigenvalue weighted by molar-refractivity contribution is 7.47. The van der Waals surface area contributed by atoms with Crippen LogP contribution in [-0.4, -0.2) is 74.9 Å². The van der Waals surface area contributed by atoms with Crippen LogP contribution < -0.4 is 0 Å². The van der Waals surface area contributed by atoms with E-state index in [9.17, 15) is 19.0 Å². The monoisotopic (exact) mass is 797 g/mol. The van der Waals surface area contributed by atoms with Crippen molar-refractivity contribution in [1.29, 1.82) is 0 Å². The van der Waals surface area contributed by atoms with E-state index in [0.29, 0.717) is 17.4 Å².